The topological polar surface area (TPSA) is 206 Å². The smallest absolute Gasteiger partial charge is 0.335 e. The standard InChI is InChI=1S/C7H4N2O7.C6H12N2O/c10-6-4(7(11)12)1-3(8(13)14)2-5(6)9(15)16;7-6(9)5-1-3-8-4-2-5/h1-2,10H,(H,11,12);5,8H,1-4H2,(H2,7,9). The highest BCUT2D eigenvalue weighted by Crippen LogP contribution is 2.31. The molecule has 1 amide bonds. The number of amides is 1. The molecule has 1 aliphatic heterocycles. The molecule has 2 rings (SSSR count). The monoisotopic (exact) mass is 356 g/mol. The largest absolute Gasteiger partial charge is 0.867 e. The molecule has 0 bridgehead atoms. The maximum Gasteiger partial charge on any atom is 0.335 e. The minimum Gasteiger partial charge on any atom is -0.867 e. The molecule has 0 radical (unpaired) electrons. The van der Waals surface area contributed by atoms with Crippen molar-refractivity contribution in [3.63, 3.8) is 0 Å². The van der Waals surface area contributed by atoms with E-state index in [0.717, 1.165) is 25.9 Å². The van der Waals surface area contributed by atoms with Crippen molar-refractivity contribution in [1.82, 2.24) is 0 Å². The zero-order chi connectivity index (χ0) is 19.1. The SMILES string of the molecule is NC(=O)C1CC[NH2+]CC1.O=C(O)c1cc([N+](=O)[O-])cc([N+](=O)[O-])c1[O-]. The first-order chi connectivity index (χ1) is 11.6. The van der Waals surface area contributed by atoms with E-state index >= 15 is 0 Å². The molecule has 0 spiro atoms. The Morgan fingerprint density at radius 2 is 1.72 bits per heavy atom. The number of nitrogens with two attached hydrogens (primary N) is 2. The number of quaternary nitrogens is 1. The molecule has 5 N–H and O–H groups in total. The number of benzene rings is 1. The number of hydrogen-bond donors (Lipinski definition) is 3. The van der Waals surface area contributed by atoms with Gasteiger partial charge in [0.2, 0.25) is 5.91 Å². The maximum atomic E-state index is 11.2. The molecule has 0 aliphatic carbocycles. The molecule has 0 atom stereocenters. The number of piperidine rings is 1. The second kappa shape index (κ2) is 8.54. The number of non-ortho nitro benzene ring substituents is 1. The number of nitro groups is 2. The Morgan fingerprint density at radius 1 is 1.16 bits per heavy atom. The normalized spacial score (nSPS) is 14.1. The minimum atomic E-state index is -1.75. The van der Waals surface area contributed by atoms with Crippen LogP contribution in [0.15, 0.2) is 12.1 Å². The Kier molecular flexibility index (Phi) is 6.75. The van der Waals surface area contributed by atoms with Gasteiger partial charge in [-0.2, -0.15) is 0 Å². The molecule has 1 aromatic rings. The third-order valence-corrected chi connectivity index (χ3v) is 3.53. The number of nitro benzene ring substituents is 2. The number of hydrogen-bond acceptors (Lipinski definition) is 7. The molecule has 136 valence electrons. The van der Waals surface area contributed by atoms with Crippen molar-refractivity contribution in [2.45, 2.75) is 12.8 Å². The van der Waals surface area contributed by atoms with Crippen LogP contribution in [0.3, 0.4) is 0 Å². The lowest BCUT2D eigenvalue weighted by Crippen LogP contribution is -2.86. The van der Waals surface area contributed by atoms with Crippen molar-refractivity contribution in [1.29, 1.82) is 0 Å². The third-order valence-electron chi connectivity index (χ3n) is 3.53. The number of primary amides is 1. The van der Waals surface area contributed by atoms with E-state index < -0.39 is 38.5 Å². The van der Waals surface area contributed by atoms with Gasteiger partial charge in [0.05, 0.1) is 34.6 Å². The van der Waals surface area contributed by atoms with E-state index in [1.165, 1.54) is 0 Å². The van der Waals surface area contributed by atoms with Gasteiger partial charge in [0, 0.05) is 24.8 Å². The van der Waals surface area contributed by atoms with Crippen molar-refractivity contribution in [2.24, 2.45) is 11.7 Å². The highest BCUT2D eigenvalue weighted by Gasteiger charge is 2.21. The van der Waals surface area contributed by atoms with Crippen LogP contribution in [0.2, 0.25) is 0 Å². The first-order valence-corrected chi connectivity index (χ1v) is 7.13. The number of rotatable bonds is 4. The molecule has 1 saturated heterocycles. The summed E-state index contributed by atoms with van der Waals surface area (Å²) in [5.41, 5.74) is 2.17. The van der Waals surface area contributed by atoms with Gasteiger partial charge in [-0.1, -0.05) is 0 Å². The van der Waals surface area contributed by atoms with Crippen LogP contribution in [0.4, 0.5) is 11.4 Å². The second-order valence-electron chi connectivity index (χ2n) is 5.20. The molecule has 0 aromatic heterocycles. The Hall–Kier alpha value is -3.28. The van der Waals surface area contributed by atoms with E-state index in [1.807, 2.05) is 0 Å². The van der Waals surface area contributed by atoms with Crippen molar-refractivity contribution >= 4 is 23.3 Å². The maximum absolute atomic E-state index is 11.2. The molecule has 0 unspecified atom stereocenters. The van der Waals surface area contributed by atoms with E-state index in [1.54, 1.807) is 0 Å². The zero-order valence-electron chi connectivity index (χ0n) is 12.9. The van der Waals surface area contributed by atoms with Crippen LogP contribution in [0.5, 0.6) is 5.75 Å². The van der Waals surface area contributed by atoms with Gasteiger partial charge in [0.1, 0.15) is 0 Å². The van der Waals surface area contributed by atoms with E-state index in [-0.39, 0.29) is 11.8 Å². The Balaban J connectivity index is 0.000000293. The summed E-state index contributed by atoms with van der Waals surface area (Å²) in [6, 6.07) is 0.909. The molecule has 1 fully saturated rings. The molecular weight excluding hydrogens is 340 g/mol. The Labute approximate surface area is 140 Å². The molecule has 0 saturated carbocycles. The molecule has 1 aliphatic rings. The lowest BCUT2D eigenvalue weighted by atomic mass is 9.98. The summed E-state index contributed by atoms with van der Waals surface area (Å²) in [5, 5.41) is 42.6. The van der Waals surface area contributed by atoms with Gasteiger partial charge in [-0.25, -0.2) is 4.79 Å². The summed E-state index contributed by atoms with van der Waals surface area (Å²) in [6.45, 7) is 2.13. The number of carboxylic acids is 1. The van der Waals surface area contributed by atoms with Gasteiger partial charge in [-0.05, 0) is 5.75 Å². The molecular formula is C13H16N4O8. The molecule has 1 aromatic carbocycles. The fourth-order valence-corrected chi connectivity index (χ4v) is 2.21. The lowest BCUT2D eigenvalue weighted by Gasteiger charge is -2.16. The summed E-state index contributed by atoms with van der Waals surface area (Å²) in [5.74, 6) is -3.07. The fourth-order valence-electron chi connectivity index (χ4n) is 2.21. The van der Waals surface area contributed by atoms with E-state index in [4.69, 9.17) is 10.8 Å². The third kappa shape index (κ3) is 5.39. The van der Waals surface area contributed by atoms with Crippen LogP contribution in [0, 0.1) is 26.1 Å². The minimum absolute atomic E-state index is 0.122. The number of aromatic carboxylic acids is 1. The Bertz CT molecular complexity index is 664. The van der Waals surface area contributed by atoms with Crippen molar-refractivity contribution in [3.05, 3.63) is 37.9 Å². The summed E-state index contributed by atoms with van der Waals surface area (Å²) in [7, 11) is 0. The van der Waals surface area contributed by atoms with Crippen LogP contribution < -0.4 is 16.2 Å². The number of nitrogens with zero attached hydrogens (tertiary/aromatic N) is 2. The highest BCUT2D eigenvalue weighted by atomic mass is 16.6. The second-order valence-corrected chi connectivity index (χ2v) is 5.20. The van der Waals surface area contributed by atoms with E-state index in [9.17, 15) is 34.9 Å². The van der Waals surface area contributed by atoms with Crippen molar-refractivity contribution < 1.29 is 35.0 Å². The van der Waals surface area contributed by atoms with Crippen LogP contribution in [-0.2, 0) is 4.79 Å². The number of carboxylic acid groups (broad SMARTS) is 1. The Morgan fingerprint density at radius 3 is 2.08 bits per heavy atom. The van der Waals surface area contributed by atoms with Gasteiger partial charge in [0.25, 0.3) is 11.4 Å². The van der Waals surface area contributed by atoms with E-state index in [2.05, 4.69) is 5.32 Å². The van der Waals surface area contributed by atoms with Crippen LogP contribution in [-0.4, -0.2) is 39.9 Å². The molecule has 12 heteroatoms. The highest BCUT2D eigenvalue weighted by molar-refractivity contribution is 5.93. The predicted octanol–water partition coefficient (Wildman–Crippen LogP) is -1.28. The summed E-state index contributed by atoms with van der Waals surface area (Å²) < 4.78 is 0. The van der Waals surface area contributed by atoms with Crippen LogP contribution >= 0.6 is 0 Å². The summed E-state index contributed by atoms with van der Waals surface area (Å²) >= 11 is 0. The molecule has 1 heterocycles. The van der Waals surface area contributed by atoms with Gasteiger partial charge >= 0.3 is 5.97 Å². The first kappa shape index (κ1) is 19.8. The van der Waals surface area contributed by atoms with Crippen LogP contribution in [0.1, 0.15) is 23.2 Å². The van der Waals surface area contributed by atoms with Gasteiger partial charge in [0.15, 0.2) is 0 Å². The van der Waals surface area contributed by atoms with Crippen molar-refractivity contribution in [3.8, 4) is 5.75 Å². The van der Waals surface area contributed by atoms with Gasteiger partial charge < -0.3 is 21.3 Å². The quantitative estimate of drug-likeness (QED) is 0.436. The average Bonchev–Trinajstić information content (AvgIpc) is 2.55. The zero-order valence-corrected chi connectivity index (χ0v) is 12.9. The predicted molar refractivity (Wildman–Crippen MR) is 79.7 cm³/mol. The summed E-state index contributed by atoms with van der Waals surface area (Å²) in [6.07, 6.45) is 1.94. The van der Waals surface area contributed by atoms with Crippen molar-refractivity contribution in [2.75, 3.05) is 13.1 Å². The molecule has 25 heavy (non-hydrogen) atoms. The molecule has 12 nitrogen and oxygen atoms in total. The summed E-state index contributed by atoms with van der Waals surface area (Å²) in [4.78, 5) is 39.6. The average molecular weight is 356 g/mol. The van der Waals surface area contributed by atoms with E-state index in [0.29, 0.717) is 12.1 Å². The number of carbonyl (C=O) groups excluding carboxylic acids is 1. The first-order valence-electron chi connectivity index (χ1n) is 7.13. The lowest BCUT2D eigenvalue weighted by molar-refractivity contribution is -0.663. The number of carbonyl (C=O) groups is 2. The van der Waals surface area contributed by atoms with Gasteiger partial charge in [-0.3, -0.25) is 25.0 Å². The fraction of sp³-hybridized carbons (Fsp3) is 0.385. The van der Waals surface area contributed by atoms with Crippen LogP contribution in [0.25, 0.3) is 0 Å². The van der Waals surface area contributed by atoms with Gasteiger partial charge in [-0.15, -0.1) is 0 Å².